The van der Waals surface area contributed by atoms with E-state index in [1.54, 1.807) is 0 Å². The normalized spacial score (nSPS) is 29.8. The predicted octanol–water partition coefficient (Wildman–Crippen LogP) is 3.21. The van der Waals surface area contributed by atoms with Crippen molar-refractivity contribution in [2.24, 2.45) is 0 Å². The molecule has 3 heterocycles. The van der Waals surface area contributed by atoms with Crippen molar-refractivity contribution < 1.29 is 9.26 Å². The van der Waals surface area contributed by atoms with Gasteiger partial charge in [-0.2, -0.15) is 4.98 Å². The third-order valence-electron chi connectivity index (χ3n) is 3.99. The minimum Gasteiger partial charge on any atom is -0.381 e. The number of aryl methyl sites for hydroxylation is 1. The molecule has 2 fully saturated rings. The Labute approximate surface area is 115 Å². The predicted molar refractivity (Wildman–Crippen MR) is 71.6 cm³/mol. The lowest BCUT2D eigenvalue weighted by Gasteiger charge is -1.97. The van der Waals surface area contributed by atoms with Gasteiger partial charge in [-0.1, -0.05) is 5.16 Å². The maximum absolute atomic E-state index is 5.45. The van der Waals surface area contributed by atoms with Gasteiger partial charge < -0.3 is 9.26 Å². The molecule has 2 aromatic rings. The maximum Gasteiger partial charge on any atom is 0.230 e. The van der Waals surface area contributed by atoms with Crippen LogP contribution in [0.4, 0.5) is 0 Å². The number of nitrogens with zero attached hydrogens (tertiary/aromatic N) is 2. The second-order valence-corrected chi connectivity index (χ2v) is 6.77. The first-order valence-corrected chi connectivity index (χ1v) is 7.60. The molecule has 19 heavy (non-hydrogen) atoms. The summed E-state index contributed by atoms with van der Waals surface area (Å²) in [7, 11) is 0. The monoisotopic (exact) mass is 276 g/mol. The second kappa shape index (κ2) is 4.42. The Kier molecular flexibility index (Phi) is 2.70. The Bertz CT molecular complexity index is 586. The fraction of sp³-hybridized carbons (Fsp3) is 0.571. The number of hydrogen-bond donors (Lipinski definition) is 0. The molecule has 3 atom stereocenters. The summed E-state index contributed by atoms with van der Waals surface area (Å²) in [5.74, 6) is 3.01. The van der Waals surface area contributed by atoms with Crippen molar-refractivity contribution in [1.82, 2.24) is 10.1 Å². The van der Waals surface area contributed by atoms with Crippen LogP contribution in [0.5, 0.6) is 0 Å². The van der Waals surface area contributed by atoms with Crippen LogP contribution in [0.1, 0.15) is 52.1 Å². The van der Waals surface area contributed by atoms with Gasteiger partial charge in [-0.25, -0.2) is 0 Å². The van der Waals surface area contributed by atoms with Crippen LogP contribution in [0, 0.1) is 6.92 Å². The van der Waals surface area contributed by atoms with Crippen molar-refractivity contribution in [3.63, 3.8) is 0 Å². The maximum atomic E-state index is 5.45. The Morgan fingerprint density at radius 3 is 3.00 bits per heavy atom. The van der Waals surface area contributed by atoms with Crippen molar-refractivity contribution in [2.75, 3.05) is 13.2 Å². The third kappa shape index (κ3) is 2.11. The van der Waals surface area contributed by atoms with Crippen molar-refractivity contribution in [3.8, 4) is 0 Å². The highest BCUT2D eigenvalue weighted by molar-refractivity contribution is 7.12. The van der Waals surface area contributed by atoms with E-state index in [0.29, 0.717) is 17.8 Å². The average Bonchev–Trinajstić information content (AvgIpc) is 2.86. The first-order chi connectivity index (χ1) is 9.31. The third-order valence-corrected chi connectivity index (χ3v) is 5.12. The highest BCUT2D eigenvalue weighted by atomic mass is 32.1. The minimum atomic E-state index is 0.332. The lowest BCUT2D eigenvalue weighted by atomic mass is 10.1. The summed E-state index contributed by atoms with van der Waals surface area (Å²) < 4.78 is 10.8. The molecule has 0 N–H and O–H groups in total. The van der Waals surface area contributed by atoms with Gasteiger partial charge in [0.1, 0.15) is 0 Å². The van der Waals surface area contributed by atoms with E-state index in [4.69, 9.17) is 9.26 Å². The summed E-state index contributed by atoms with van der Waals surface area (Å²) >= 11 is 1.88. The topological polar surface area (TPSA) is 48.2 Å². The molecule has 4 rings (SSSR count). The molecular weight excluding hydrogens is 260 g/mol. The van der Waals surface area contributed by atoms with Crippen LogP contribution in [0.2, 0.25) is 0 Å². The van der Waals surface area contributed by atoms with E-state index in [-0.39, 0.29) is 0 Å². The summed E-state index contributed by atoms with van der Waals surface area (Å²) in [4.78, 5) is 7.40. The molecule has 0 amide bonds. The van der Waals surface area contributed by atoms with Gasteiger partial charge in [-0.15, -0.1) is 11.3 Å². The summed E-state index contributed by atoms with van der Waals surface area (Å²) in [6.07, 6.45) is 2.15. The molecule has 1 aliphatic carbocycles. The molecule has 0 radical (unpaired) electrons. The zero-order chi connectivity index (χ0) is 12.8. The number of ether oxygens (including phenoxy) is 1. The average molecular weight is 276 g/mol. The molecule has 0 aromatic carbocycles. The Balaban J connectivity index is 1.49. The standard InChI is InChI=1S/C14H16N2O2S/c1-8-2-3-12(19-8)10-6-11(10)14-15-13(16-18-14)9-4-5-17-7-9/h2-3,9-11H,4-7H2,1H3/t9-,10+,11+/m0/s1. The van der Waals surface area contributed by atoms with Gasteiger partial charge in [0, 0.05) is 34.1 Å². The van der Waals surface area contributed by atoms with Crippen molar-refractivity contribution in [1.29, 1.82) is 0 Å². The Morgan fingerprint density at radius 1 is 1.32 bits per heavy atom. The van der Waals surface area contributed by atoms with Gasteiger partial charge >= 0.3 is 0 Å². The smallest absolute Gasteiger partial charge is 0.230 e. The second-order valence-electron chi connectivity index (χ2n) is 5.45. The zero-order valence-corrected chi connectivity index (χ0v) is 11.7. The van der Waals surface area contributed by atoms with Gasteiger partial charge in [0.05, 0.1) is 6.61 Å². The number of aromatic nitrogens is 2. The van der Waals surface area contributed by atoms with Crippen LogP contribution in [0.15, 0.2) is 16.7 Å². The lowest BCUT2D eigenvalue weighted by Crippen LogP contribution is -1.99. The molecule has 0 spiro atoms. The lowest BCUT2D eigenvalue weighted by molar-refractivity contribution is 0.192. The van der Waals surface area contributed by atoms with Gasteiger partial charge in [-0.3, -0.25) is 0 Å². The van der Waals surface area contributed by atoms with Crippen LogP contribution in [0.3, 0.4) is 0 Å². The highest BCUT2D eigenvalue weighted by Gasteiger charge is 2.44. The minimum absolute atomic E-state index is 0.332. The van der Waals surface area contributed by atoms with E-state index >= 15 is 0 Å². The fourth-order valence-electron chi connectivity index (χ4n) is 2.74. The van der Waals surface area contributed by atoms with Crippen LogP contribution < -0.4 is 0 Å². The molecule has 1 aliphatic heterocycles. The summed E-state index contributed by atoms with van der Waals surface area (Å²) in [5, 5.41) is 4.13. The fourth-order valence-corrected chi connectivity index (χ4v) is 3.79. The summed E-state index contributed by atoms with van der Waals surface area (Å²) in [6.45, 7) is 3.70. The number of thiophene rings is 1. The molecule has 2 aliphatic rings. The van der Waals surface area contributed by atoms with Crippen molar-refractivity contribution in [2.45, 2.75) is 37.5 Å². The van der Waals surface area contributed by atoms with E-state index in [9.17, 15) is 0 Å². The molecule has 100 valence electrons. The first kappa shape index (κ1) is 11.6. The van der Waals surface area contributed by atoms with Gasteiger partial charge in [0.2, 0.25) is 5.89 Å². The van der Waals surface area contributed by atoms with E-state index in [1.807, 2.05) is 11.3 Å². The van der Waals surface area contributed by atoms with Crippen LogP contribution in [0.25, 0.3) is 0 Å². The molecule has 0 bridgehead atoms. The first-order valence-electron chi connectivity index (χ1n) is 6.79. The Hall–Kier alpha value is -1.20. The molecule has 1 saturated carbocycles. The SMILES string of the molecule is Cc1ccc([C@@H]2C[C@H]2c2nc([C@H]3CCOC3)no2)s1. The van der Waals surface area contributed by atoms with Crippen LogP contribution >= 0.6 is 11.3 Å². The van der Waals surface area contributed by atoms with Gasteiger partial charge in [0.25, 0.3) is 0 Å². The van der Waals surface area contributed by atoms with Crippen LogP contribution in [-0.4, -0.2) is 23.4 Å². The molecule has 2 aromatic heterocycles. The quantitative estimate of drug-likeness (QED) is 0.863. The van der Waals surface area contributed by atoms with E-state index in [2.05, 4.69) is 29.2 Å². The number of rotatable bonds is 3. The molecule has 4 nitrogen and oxygen atoms in total. The highest BCUT2D eigenvalue weighted by Crippen LogP contribution is 2.55. The van der Waals surface area contributed by atoms with Gasteiger partial charge in [-0.05, 0) is 31.9 Å². The van der Waals surface area contributed by atoms with E-state index in [0.717, 1.165) is 37.8 Å². The van der Waals surface area contributed by atoms with E-state index < -0.39 is 0 Å². The summed E-state index contributed by atoms with van der Waals surface area (Å²) in [6, 6.07) is 4.41. The van der Waals surface area contributed by atoms with Crippen LogP contribution in [-0.2, 0) is 4.74 Å². The van der Waals surface area contributed by atoms with Crippen molar-refractivity contribution in [3.05, 3.63) is 33.6 Å². The van der Waals surface area contributed by atoms with E-state index in [1.165, 1.54) is 9.75 Å². The Morgan fingerprint density at radius 2 is 2.26 bits per heavy atom. The summed E-state index contributed by atoms with van der Waals surface area (Å²) in [5.41, 5.74) is 0. The molecule has 0 unspecified atom stereocenters. The largest absolute Gasteiger partial charge is 0.381 e. The molecule has 1 saturated heterocycles. The molecular formula is C14H16N2O2S. The van der Waals surface area contributed by atoms with Crippen molar-refractivity contribution >= 4 is 11.3 Å². The number of hydrogen-bond acceptors (Lipinski definition) is 5. The molecule has 5 heteroatoms. The zero-order valence-electron chi connectivity index (χ0n) is 10.8. The van der Waals surface area contributed by atoms with Gasteiger partial charge in [0.15, 0.2) is 5.82 Å².